The van der Waals surface area contributed by atoms with Crippen LogP contribution in [0.3, 0.4) is 0 Å². The minimum Gasteiger partial charge on any atom is -0.483 e. The molecule has 0 aliphatic heterocycles. The first-order valence-electron chi connectivity index (χ1n) is 11.0. The summed E-state index contributed by atoms with van der Waals surface area (Å²) in [5, 5.41) is 13.8. The van der Waals surface area contributed by atoms with E-state index in [2.05, 4.69) is 15.3 Å². The molecule has 4 rings (SSSR count). The number of nitrogens with one attached hydrogen (secondary N) is 2. The molecule has 0 aliphatic rings. The van der Waals surface area contributed by atoms with Crippen molar-refractivity contribution in [2.75, 3.05) is 7.05 Å². The van der Waals surface area contributed by atoms with E-state index in [-0.39, 0.29) is 22.7 Å². The summed E-state index contributed by atoms with van der Waals surface area (Å²) in [5.41, 5.74) is 1.04. The molecule has 1 amide bonds. The number of H-pyrrole nitrogens is 1. The number of aryl methyl sites for hydroxylation is 2. The maximum Gasteiger partial charge on any atom is 0.274 e. The van der Waals surface area contributed by atoms with Crippen LogP contribution in [0.1, 0.15) is 53.5 Å². The minimum absolute atomic E-state index is 0.258. The quantitative estimate of drug-likeness (QED) is 0.370. The van der Waals surface area contributed by atoms with Crippen molar-refractivity contribution in [3.05, 3.63) is 68.6 Å². The standard InChI is InChI=1S/C25H27FN4O4S/c1-12-7-14(26)10-28-20(12)13(2)34-18-9-19(25(3,4)33)35-22(18)16-11-30(6)24(32)21-15(16)8-17(29-21)23(31)27-5/h7-11,13,29,33H,1-6H3,(H,27,31). The molecule has 0 saturated heterocycles. The molecule has 4 aromatic heterocycles. The van der Waals surface area contributed by atoms with Gasteiger partial charge in [0.05, 0.1) is 22.4 Å². The van der Waals surface area contributed by atoms with Crippen molar-refractivity contribution in [3.63, 3.8) is 0 Å². The molecule has 184 valence electrons. The zero-order chi connectivity index (χ0) is 25.7. The topological polar surface area (TPSA) is 109 Å². The monoisotopic (exact) mass is 498 g/mol. The Labute approximate surface area is 205 Å². The van der Waals surface area contributed by atoms with Crippen molar-refractivity contribution in [1.82, 2.24) is 19.9 Å². The molecule has 4 aromatic rings. The van der Waals surface area contributed by atoms with Crippen molar-refractivity contribution >= 4 is 28.1 Å². The fraction of sp³-hybridized carbons (Fsp3) is 0.320. The molecule has 0 saturated carbocycles. The number of fused-ring (bicyclic) bond motifs is 1. The van der Waals surface area contributed by atoms with E-state index in [1.807, 2.05) is 6.92 Å². The Balaban J connectivity index is 1.91. The van der Waals surface area contributed by atoms with Gasteiger partial charge in [-0.15, -0.1) is 11.3 Å². The number of pyridine rings is 2. The van der Waals surface area contributed by atoms with E-state index >= 15 is 0 Å². The number of rotatable bonds is 6. The van der Waals surface area contributed by atoms with Crippen molar-refractivity contribution in [2.24, 2.45) is 7.05 Å². The van der Waals surface area contributed by atoms with Crippen LogP contribution in [0.2, 0.25) is 0 Å². The highest BCUT2D eigenvalue weighted by Gasteiger charge is 2.27. The molecular formula is C25H27FN4O4S. The number of aromatic amines is 1. The summed E-state index contributed by atoms with van der Waals surface area (Å²) >= 11 is 1.33. The van der Waals surface area contributed by atoms with Crippen LogP contribution in [0, 0.1) is 12.7 Å². The van der Waals surface area contributed by atoms with Gasteiger partial charge in [-0.2, -0.15) is 0 Å². The third-order valence-corrected chi connectivity index (χ3v) is 7.22. The zero-order valence-corrected chi connectivity index (χ0v) is 21.1. The smallest absolute Gasteiger partial charge is 0.274 e. The summed E-state index contributed by atoms with van der Waals surface area (Å²) in [4.78, 5) is 33.5. The highest BCUT2D eigenvalue weighted by Crippen LogP contribution is 2.45. The zero-order valence-electron chi connectivity index (χ0n) is 20.3. The Morgan fingerprint density at radius 3 is 2.69 bits per heavy atom. The van der Waals surface area contributed by atoms with E-state index in [1.54, 1.807) is 46.1 Å². The Kier molecular flexibility index (Phi) is 6.29. The number of nitrogens with zero attached hydrogens (tertiary/aromatic N) is 2. The lowest BCUT2D eigenvalue weighted by molar-refractivity contribution is 0.0821. The second-order valence-corrected chi connectivity index (χ2v) is 10.0. The fourth-order valence-corrected chi connectivity index (χ4v) is 5.06. The van der Waals surface area contributed by atoms with Gasteiger partial charge in [0, 0.05) is 36.1 Å². The van der Waals surface area contributed by atoms with Crippen LogP contribution < -0.4 is 15.6 Å². The van der Waals surface area contributed by atoms with E-state index < -0.39 is 17.5 Å². The first kappa shape index (κ1) is 24.6. The average Bonchev–Trinajstić information content (AvgIpc) is 3.41. The van der Waals surface area contributed by atoms with Crippen molar-refractivity contribution in [3.8, 4) is 16.2 Å². The van der Waals surface area contributed by atoms with E-state index in [0.717, 1.165) is 6.20 Å². The van der Waals surface area contributed by atoms with Crippen LogP contribution in [0.5, 0.6) is 5.75 Å². The summed E-state index contributed by atoms with van der Waals surface area (Å²) < 4.78 is 21.3. The lowest BCUT2D eigenvalue weighted by Crippen LogP contribution is -2.19. The summed E-state index contributed by atoms with van der Waals surface area (Å²) in [7, 11) is 3.14. The van der Waals surface area contributed by atoms with Crippen LogP contribution in [0.15, 0.2) is 35.4 Å². The van der Waals surface area contributed by atoms with Gasteiger partial charge in [0.1, 0.15) is 28.9 Å². The van der Waals surface area contributed by atoms with Crippen LogP contribution in [0.25, 0.3) is 21.3 Å². The number of thiophene rings is 1. The largest absolute Gasteiger partial charge is 0.483 e. The van der Waals surface area contributed by atoms with Crippen LogP contribution in [-0.2, 0) is 12.6 Å². The first-order valence-corrected chi connectivity index (χ1v) is 11.8. The van der Waals surface area contributed by atoms with Gasteiger partial charge in [0.2, 0.25) is 0 Å². The van der Waals surface area contributed by atoms with Gasteiger partial charge >= 0.3 is 0 Å². The maximum atomic E-state index is 13.6. The number of hydrogen-bond acceptors (Lipinski definition) is 6. The van der Waals surface area contributed by atoms with Crippen molar-refractivity contribution in [2.45, 2.75) is 39.4 Å². The SMILES string of the molecule is CNC(=O)c1cc2c(-c3sc(C(C)(C)O)cc3OC(C)c3ncc(F)cc3C)cn(C)c(=O)c2[nH]1. The van der Waals surface area contributed by atoms with Gasteiger partial charge in [-0.1, -0.05) is 0 Å². The Hall–Kier alpha value is -3.50. The maximum absolute atomic E-state index is 13.6. The molecule has 3 N–H and O–H groups in total. The van der Waals surface area contributed by atoms with Crippen LogP contribution in [0.4, 0.5) is 4.39 Å². The number of hydrogen-bond donors (Lipinski definition) is 3. The van der Waals surface area contributed by atoms with E-state index in [9.17, 15) is 19.1 Å². The predicted molar refractivity (Wildman–Crippen MR) is 133 cm³/mol. The number of halogens is 1. The van der Waals surface area contributed by atoms with Gasteiger partial charge in [0.25, 0.3) is 11.5 Å². The van der Waals surface area contributed by atoms with Gasteiger partial charge in [-0.05, 0) is 51.5 Å². The second kappa shape index (κ2) is 8.94. The number of carbonyl (C=O) groups is 1. The lowest BCUT2D eigenvalue weighted by Gasteiger charge is -2.17. The lowest BCUT2D eigenvalue weighted by atomic mass is 10.1. The molecule has 4 heterocycles. The summed E-state index contributed by atoms with van der Waals surface area (Å²) in [6, 6.07) is 4.79. The number of aromatic nitrogens is 3. The van der Waals surface area contributed by atoms with Gasteiger partial charge in [0.15, 0.2) is 0 Å². The van der Waals surface area contributed by atoms with E-state index in [1.165, 1.54) is 29.0 Å². The Morgan fingerprint density at radius 1 is 1.34 bits per heavy atom. The normalized spacial score (nSPS) is 12.7. The van der Waals surface area contributed by atoms with E-state index in [4.69, 9.17) is 4.74 Å². The summed E-state index contributed by atoms with van der Waals surface area (Å²) in [6.07, 6.45) is 2.31. The third kappa shape index (κ3) is 4.59. The molecule has 0 bridgehead atoms. The Bertz CT molecular complexity index is 1500. The Morgan fingerprint density at radius 2 is 2.06 bits per heavy atom. The third-order valence-electron chi connectivity index (χ3n) is 5.76. The molecule has 10 heteroatoms. The highest BCUT2D eigenvalue weighted by molar-refractivity contribution is 7.16. The predicted octanol–water partition coefficient (Wildman–Crippen LogP) is 4.16. The first-order chi connectivity index (χ1) is 16.4. The molecule has 0 aliphatic carbocycles. The molecule has 0 fully saturated rings. The summed E-state index contributed by atoms with van der Waals surface area (Å²) in [5.74, 6) is -0.292. The highest BCUT2D eigenvalue weighted by atomic mass is 32.1. The number of carbonyl (C=O) groups excluding carboxylic acids is 1. The second-order valence-electron chi connectivity index (χ2n) is 8.99. The van der Waals surface area contributed by atoms with Crippen molar-refractivity contribution in [1.29, 1.82) is 0 Å². The molecule has 1 atom stereocenters. The molecule has 8 nitrogen and oxygen atoms in total. The fourth-order valence-electron chi connectivity index (χ4n) is 3.95. The van der Waals surface area contributed by atoms with E-state index in [0.29, 0.717) is 37.7 Å². The summed E-state index contributed by atoms with van der Waals surface area (Å²) in [6.45, 7) is 6.93. The molecule has 0 radical (unpaired) electrons. The number of aliphatic hydroxyl groups is 1. The van der Waals surface area contributed by atoms with Crippen molar-refractivity contribution < 1.29 is 19.0 Å². The average molecular weight is 499 g/mol. The molecule has 0 spiro atoms. The van der Waals surface area contributed by atoms with Crippen LogP contribution >= 0.6 is 11.3 Å². The number of amides is 1. The van der Waals surface area contributed by atoms with Gasteiger partial charge in [-0.3, -0.25) is 14.6 Å². The molecule has 1 unspecified atom stereocenters. The molecular weight excluding hydrogens is 471 g/mol. The van der Waals surface area contributed by atoms with Gasteiger partial charge < -0.3 is 24.7 Å². The molecule has 35 heavy (non-hydrogen) atoms. The van der Waals surface area contributed by atoms with Crippen LogP contribution in [-0.4, -0.2) is 32.6 Å². The molecule has 0 aromatic carbocycles. The number of ether oxygens (including phenoxy) is 1. The van der Waals surface area contributed by atoms with Gasteiger partial charge in [-0.25, -0.2) is 4.39 Å². The minimum atomic E-state index is -1.14.